The van der Waals surface area contributed by atoms with E-state index in [1.54, 1.807) is 0 Å². The molecule has 0 aliphatic carbocycles. The van der Waals surface area contributed by atoms with Crippen molar-refractivity contribution in [3.05, 3.63) is 70.3 Å². The molecule has 2 nitrogen and oxygen atoms in total. The highest BCUT2D eigenvalue weighted by Crippen LogP contribution is 2.41. The first-order valence-corrected chi connectivity index (χ1v) is 10.1. The van der Waals surface area contributed by atoms with Crippen molar-refractivity contribution in [1.82, 2.24) is 0 Å². The van der Waals surface area contributed by atoms with Crippen molar-refractivity contribution >= 4 is 6.08 Å². The number of hydrogen-bond acceptors (Lipinski definition) is 2. The maximum Gasteiger partial charge on any atom is 0.118 e. The minimum Gasteiger partial charge on any atom is -0.508 e. The van der Waals surface area contributed by atoms with Gasteiger partial charge in [0.2, 0.25) is 0 Å². The summed E-state index contributed by atoms with van der Waals surface area (Å²) in [5.74, 6) is 0.365. The van der Waals surface area contributed by atoms with Crippen molar-refractivity contribution in [2.75, 3.05) is 6.61 Å². The minimum absolute atomic E-state index is 0.0225. The molecule has 2 heteroatoms. The van der Waals surface area contributed by atoms with Gasteiger partial charge < -0.3 is 9.84 Å². The molecule has 0 saturated carbocycles. The Kier molecular flexibility index (Phi) is 5.48. The molecule has 144 valence electrons. The summed E-state index contributed by atoms with van der Waals surface area (Å²) in [6, 6.07) is 12.9. The number of rotatable bonds is 7. The predicted octanol–water partition coefficient (Wildman–Crippen LogP) is 6.31. The number of benzene rings is 2. The number of ether oxygens (including phenoxy) is 1. The van der Waals surface area contributed by atoms with Gasteiger partial charge in [-0.1, -0.05) is 57.2 Å². The van der Waals surface area contributed by atoms with Gasteiger partial charge in [0, 0.05) is 5.41 Å². The first-order chi connectivity index (χ1) is 12.9. The number of epoxide rings is 1. The molecule has 1 fully saturated rings. The zero-order valence-electron chi connectivity index (χ0n) is 17.3. The van der Waals surface area contributed by atoms with E-state index in [0.29, 0.717) is 5.75 Å². The number of aryl methyl sites for hydroxylation is 2. The van der Waals surface area contributed by atoms with Gasteiger partial charge in [0.15, 0.2) is 0 Å². The molecule has 0 bridgehead atoms. The van der Waals surface area contributed by atoms with Crippen LogP contribution in [0.5, 0.6) is 5.75 Å². The second-order valence-electron chi connectivity index (χ2n) is 7.90. The van der Waals surface area contributed by atoms with E-state index in [1.165, 1.54) is 22.3 Å². The Morgan fingerprint density at radius 1 is 1.00 bits per heavy atom. The van der Waals surface area contributed by atoms with E-state index in [2.05, 4.69) is 70.2 Å². The third-order valence-electron chi connectivity index (χ3n) is 6.46. The second-order valence-corrected chi connectivity index (χ2v) is 7.90. The SMILES string of the molecule is CCC1(/C=C/c2ccc(C(CC)(CC)c3ccc(O)c(C)c3)cc2C)CO1. The Hall–Kier alpha value is -2.06. The van der Waals surface area contributed by atoms with E-state index in [9.17, 15) is 5.11 Å². The fraction of sp³-hybridized carbons (Fsp3) is 0.440. The molecule has 1 atom stereocenters. The average Bonchev–Trinajstić information content (AvgIpc) is 3.46. The molecule has 0 spiro atoms. The number of phenols is 1. The summed E-state index contributed by atoms with van der Waals surface area (Å²) in [6.07, 6.45) is 7.49. The van der Waals surface area contributed by atoms with Crippen LogP contribution in [0.3, 0.4) is 0 Å². The monoisotopic (exact) mass is 364 g/mol. The molecule has 0 amide bonds. The highest BCUT2D eigenvalue weighted by molar-refractivity contribution is 5.57. The average molecular weight is 365 g/mol. The zero-order valence-corrected chi connectivity index (χ0v) is 17.3. The van der Waals surface area contributed by atoms with E-state index >= 15 is 0 Å². The van der Waals surface area contributed by atoms with E-state index in [-0.39, 0.29) is 11.0 Å². The Balaban J connectivity index is 1.98. The van der Waals surface area contributed by atoms with Crippen LogP contribution in [0, 0.1) is 13.8 Å². The predicted molar refractivity (Wildman–Crippen MR) is 113 cm³/mol. The van der Waals surface area contributed by atoms with Crippen molar-refractivity contribution in [2.45, 2.75) is 64.9 Å². The first kappa shape index (κ1) is 19.7. The summed E-state index contributed by atoms with van der Waals surface area (Å²) in [5, 5.41) is 9.94. The summed E-state index contributed by atoms with van der Waals surface area (Å²) >= 11 is 0. The standard InChI is InChI=1S/C25H32O2/c1-6-24(17-27-24)14-13-20-9-10-21(15-18(20)4)25(7-2,8-3)22-11-12-23(26)19(5)16-22/h9-16,26H,6-8,17H2,1-5H3/b14-13+. The van der Waals surface area contributed by atoms with Gasteiger partial charge in [-0.2, -0.15) is 0 Å². The van der Waals surface area contributed by atoms with Crippen LogP contribution >= 0.6 is 0 Å². The lowest BCUT2D eigenvalue weighted by Gasteiger charge is -2.34. The smallest absolute Gasteiger partial charge is 0.118 e. The van der Waals surface area contributed by atoms with Crippen molar-refractivity contribution in [3.63, 3.8) is 0 Å². The number of phenolic OH excluding ortho intramolecular Hbond substituents is 1. The lowest BCUT2D eigenvalue weighted by atomic mass is 9.70. The topological polar surface area (TPSA) is 32.8 Å². The zero-order chi connectivity index (χ0) is 19.7. The Bertz CT molecular complexity index is 839. The molecule has 1 aliphatic rings. The van der Waals surface area contributed by atoms with E-state index in [1.807, 2.05) is 13.0 Å². The van der Waals surface area contributed by atoms with Gasteiger partial charge in [-0.25, -0.2) is 0 Å². The van der Waals surface area contributed by atoms with Gasteiger partial charge in [-0.15, -0.1) is 0 Å². The van der Waals surface area contributed by atoms with Crippen molar-refractivity contribution in [3.8, 4) is 5.75 Å². The third-order valence-corrected chi connectivity index (χ3v) is 6.46. The molecule has 0 aromatic heterocycles. The van der Waals surface area contributed by atoms with Gasteiger partial charge in [-0.3, -0.25) is 0 Å². The van der Waals surface area contributed by atoms with Gasteiger partial charge in [0.05, 0.1) is 6.61 Å². The summed E-state index contributed by atoms with van der Waals surface area (Å²) in [5.41, 5.74) is 6.05. The lowest BCUT2D eigenvalue weighted by molar-refractivity contribution is 0.345. The van der Waals surface area contributed by atoms with Gasteiger partial charge in [0.25, 0.3) is 0 Å². The molecule has 0 radical (unpaired) electrons. The molecule has 2 aromatic rings. The van der Waals surface area contributed by atoms with Crippen molar-refractivity contribution < 1.29 is 9.84 Å². The summed E-state index contributed by atoms with van der Waals surface area (Å²) < 4.78 is 5.59. The largest absolute Gasteiger partial charge is 0.508 e. The quantitative estimate of drug-likeness (QED) is 0.584. The Morgan fingerprint density at radius 3 is 2.07 bits per heavy atom. The van der Waals surface area contributed by atoms with Crippen LogP contribution in [0.1, 0.15) is 67.9 Å². The number of hydrogen-bond donors (Lipinski definition) is 1. The highest BCUT2D eigenvalue weighted by Gasteiger charge is 2.39. The molecule has 2 aromatic carbocycles. The van der Waals surface area contributed by atoms with Crippen molar-refractivity contribution in [2.24, 2.45) is 0 Å². The molecule has 1 N–H and O–H groups in total. The lowest BCUT2D eigenvalue weighted by Crippen LogP contribution is -2.26. The van der Waals surface area contributed by atoms with Crippen LogP contribution in [0.2, 0.25) is 0 Å². The molecule has 3 rings (SSSR count). The van der Waals surface area contributed by atoms with Gasteiger partial charge in [-0.05, 0) is 73.1 Å². The molecule has 1 saturated heterocycles. The normalized spacial score (nSPS) is 19.6. The maximum atomic E-state index is 9.94. The van der Waals surface area contributed by atoms with Crippen LogP contribution in [0.4, 0.5) is 0 Å². The first-order valence-electron chi connectivity index (χ1n) is 10.1. The van der Waals surface area contributed by atoms with Crippen LogP contribution < -0.4 is 0 Å². The fourth-order valence-corrected chi connectivity index (χ4v) is 4.10. The summed E-state index contributed by atoms with van der Waals surface area (Å²) in [7, 11) is 0. The fourth-order valence-electron chi connectivity index (χ4n) is 4.10. The van der Waals surface area contributed by atoms with Crippen LogP contribution in [-0.2, 0) is 10.2 Å². The van der Waals surface area contributed by atoms with Crippen molar-refractivity contribution in [1.29, 1.82) is 0 Å². The van der Waals surface area contributed by atoms with Crippen LogP contribution in [0.15, 0.2) is 42.5 Å². The Morgan fingerprint density at radius 2 is 1.59 bits per heavy atom. The molecule has 1 heterocycles. The van der Waals surface area contributed by atoms with Gasteiger partial charge >= 0.3 is 0 Å². The van der Waals surface area contributed by atoms with Gasteiger partial charge in [0.1, 0.15) is 11.4 Å². The highest BCUT2D eigenvalue weighted by atomic mass is 16.6. The van der Waals surface area contributed by atoms with E-state index in [0.717, 1.165) is 31.4 Å². The third kappa shape index (κ3) is 3.68. The van der Waals surface area contributed by atoms with Crippen LogP contribution in [0.25, 0.3) is 6.08 Å². The molecular formula is C25H32O2. The van der Waals surface area contributed by atoms with Crippen LogP contribution in [-0.4, -0.2) is 17.3 Å². The van der Waals surface area contributed by atoms with E-state index < -0.39 is 0 Å². The summed E-state index contributed by atoms with van der Waals surface area (Å²) in [4.78, 5) is 0. The Labute approximate surface area is 163 Å². The maximum absolute atomic E-state index is 9.94. The second kappa shape index (κ2) is 7.52. The van der Waals surface area contributed by atoms with E-state index in [4.69, 9.17) is 4.74 Å². The summed E-state index contributed by atoms with van der Waals surface area (Å²) in [6.45, 7) is 11.7. The minimum atomic E-state index is -0.0320. The number of aromatic hydroxyl groups is 1. The molecule has 27 heavy (non-hydrogen) atoms. The molecule has 1 aliphatic heterocycles. The molecular weight excluding hydrogens is 332 g/mol. The molecule has 1 unspecified atom stereocenters.